The number of carboxylic acids is 1. The third-order valence-corrected chi connectivity index (χ3v) is 2.92. The lowest BCUT2D eigenvalue weighted by molar-refractivity contribution is 0.0699. The van der Waals surface area contributed by atoms with Crippen LogP contribution in [0, 0.1) is 0 Å². The number of aromatic amines is 1. The minimum absolute atomic E-state index is 0.131. The molecule has 0 saturated heterocycles. The van der Waals surface area contributed by atoms with Crippen molar-refractivity contribution in [3.05, 3.63) is 36.4 Å². The lowest BCUT2D eigenvalue weighted by Crippen LogP contribution is -1.97. The third-order valence-electron chi connectivity index (χ3n) is 2.92. The van der Waals surface area contributed by atoms with E-state index in [1.807, 2.05) is 0 Å². The minimum Gasteiger partial charge on any atom is -0.481 e. The molecule has 7 heteroatoms. The topological polar surface area (TPSA) is 101 Å². The molecule has 7 nitrogen and oxygen atoms in total. The summed E-state index contributed by atoms with van der Waals surface area (Å²) in [5, 5.41) is 9.70. The van der Waals surface area contributed by atoms with E-state index in [0.29, 0.717) is 28.2 Å². The molecule has 2 N–H and O–H groups in total. The maximum Gasteiger partial charge on any atom is 0.338 e. The minimum atomic E-state index is -1.03. The summed E-state index contributed by atoms with van der Waals surface area (Å²) < 4.78 is 5.07. The van der Waals surface area contributed by atoms with Crippen LogP contribution in [0.4, 0.5) is 0 Å². The fourth-order valence-electron chi connectivity index (χ4n) is 2.02. The number of aromatic nitrogens is 4. The van der Waals surface area contributed by atoms with Gasteiger partial charge in [0.15, 0.2) is 0 Å². The number of fused-ring (bicyclic) bond motifs is 1. The first-order chi connectivity index (χ1) is 9.70. The van der Waals surface area contributed by atoms with Crippen LogP contribution in [0.1, 0.15) is 10.4 Å². The van der Waals surface area contributed by atoms with Crippen molar-refractivity contribution in [1.82, 2.24) is 19.9 Å². The number of nitrogens with one attached hydrogen (secondary N) is 1. The second-order valence-corrected chi connectivity index (χ2v) is 4.04. The number of carbonyl (C=O) groups is 1. The van der Waals surface area contributed by atoms with Gasteiger partial charge in [0.05, 0.1) is 23.8 Å². The van der Waals surface area contributed by atoms with Crippen LogP contribution in [-0.2, 0) is 0 Å². The SMILES string of the molecule is COc1cc(-c2ncnc3[nH]cc(C(=O)O)c23)ccn1. The molecule has 0 radical (unpaired) electrons. The largest absolute Gasteiger partial charge is 0.481 e. The molecule has 0 aliphatic heterocycles. The molecular formula is C13H10N4O3. The molecule has 0 aliphatic rings. The fourth-order valence-corrected chi connectivity index (χ4v) is 2.02. The summed E-state index contributed by atoms with van der Waals surface area (Å²) in [5.74, 6) is -0.602. The zero-order chi connectivity index (χ0) is 14.1. The molecule has 3 heterocycles. The van der Waals surface area contributed by atoms with Crippen molar-refractivity contribution < 1.29 is 14.6 Å². The van der Waals surface area contributed by atoms with Gasteiger partial charge in [-0.05, 0) is 6.07 Å². The molecular weight excluding hydrogens is 260 g/mol. The van der Waals surface area contributed by atoms with Gasteiger partial charge in [-0.1, -0.05) is 0 Å². The summed E-state index contributed by atoms with van der Waals surface area (Å²) in [6, 6.07) is 3.43. The summed E-state index contributed by atoms with van der Waals surface area (Å²) in [6.07, 6.45) is 4.37. The van der Waals surface area contributed by atoms with Crippen LogP contribution in [0.15, 0.2) is 30.9 Å². The number of methoxy groups -OCH3 is 1. The Morgan fingerprint density at radius 1 is 1.35 bits per heavy atom. The molecule has 0 aliphatic carbocycles. The molecule has 0 bridgehead atoms. The lowest BCUT2D eigenvalue weighted by Gasteiger charge is -2.05. The molecule has 0 aromatic carbocycles. The highest BCUT2D eigenvalue weighted by atomic mass is 16.5. The molecule has 20 heavy (non-hydrogen) atoms. The first kappa shape index (κ1) is 12.1. The molecule has 0 amide bonds. The average molecular weight is 270 g/mol. The van der Waals surface area contributed by atoms with Gasteiger partial charge in [0.1, 0.15) is 12.0 Å². The van der Waals surface area contributed by atoms with Crippen molar-refractivity contribution in [2.24, 2.45) is 0 Å². The van der Waals surface area contributed by atoms with Gasteiger partial charge < -0.3 is 14.8 Å². The van der Waals surface area contributed by atoms with E-state index in [4.69, 9.17) is 4.74 Å². The van der Waals surface area contributed by atoms with E-state index in [2.05, 4.69) is 19.9 Å². The first-order valence-electron chi connectivity index (χ1n) is 5.76. The summed E-state index contributed by atoms with van der Waals surface area (Å²) >= 11 is 0. The van der Waals surface area contributed by atoms with Gasteiger partial charge in [0, 0.05) is 24.0 Å². The van der Waals surface area contributed by atoms with E-state index in [1.165, 1.54) is 19.6 Å². The zero-order valence-corrected chi connectivity index (χ0v) is 10.5. The summed E-state index contributed by atoms with van der Waals surface area (Å²) in [6.45, 7) is 0. The number of pyridine rings is 1. The Hall–Kier alpha value is -2.96. The van der Waals surface area contributed by atoms with Crippen LogP contribution in [0.2, 0.25) is 0 Å². The van der Waals surface area contributed by atoms with Gasteiger partial charge in [0.25, 0.3) is 0 Å². The van der Waals surface area contributed by atoms with Crippen molar-refractivity contribution in [1.29, 1.82) is 0 Å². The van der Waals surface area contributed by atoms with Gasteiger partial charge >= 0.3 is 5.97 Å². The van der Waals surface area contributed by atoms with Gasteiger partial charge in [0.2, 0.25) is 5.88 Å². The number of nitrogens with zero attached hydrogens (tertiary/aromatic N) is 3. The molecule has 0 fully saturated rings. The Kier molecular flexibility index (Phi) is 2.79. The van der Waals surface area contributed by atoms with Crippen molar-refractivity contribution in [2.45, 2.75) is 0 Å². The predicted octanol–water partition coefficient (Wildman–Crippen LogP) is 1.73. The van der Waals surface area contributed by atoms with Gasteiger partial charge in [-0.2, -0.15) is 0 Å². The Morgan fingerprint density at radius 2 is 2.20 bits per heavy atom. The number of ether oxygens (including phenoxy) is 1. The molecule has 3 aromatic heterocycles. The Morgan fingerprint density at radius 3 is 2.95 bits per heavy atom. The van der Waals surface area contributed by atoms with E-state index in [1.54, 1.807) is 18.3 Å². The Balaban J connectivity index is 2.29. The highest BCUT2D eigenvalue weighted by Crippen LogP contribution is 2.29. The average Bonchev–Trinajstić information content (AvgIpc) is 2.91. The quantitative estimate of drug-likeness (QED) is 0.751. The van der Waals surface area contributed by atoms with Gasteiger partial charge in [-0.25, -0.2) is 19.7 Å². The Labute approximate surface area is 113 Å². The number of aromatic carboxylic acids is 1. The summed E-state index contributed by atoms with van der Waals surface area (Å²) in [7, 11) is 1.51. The molecule has 3 aromatic rings. The van der Waals surface area contributed by atoms with Crippen molar-refractivity contribution >= 4 is 17.0 Å². The van der Waals surface area contributed by atoms with Crippen LogP contribution in [-0.4, -0.2) is 38.1 Å². The van der Waals surface area contributed by atoms with Crippen molar-refractivity contribution in [3.8, 4) is 17.1 Å². The van der Waals surface area contributed by atoms with Crippen molar-refractivity contribution in [3.63, 3.8) is 0 Å². The van der Waals surface area contributed by atoms with Crippen molar-refractivity contribution in [2.75, 3.05) is 7.11 Å². The van der Waals surface area contributed by atoms with Crippen LogP contribution in [0.3, 0.4) is 0 Å². The lowest BCUT2D eigenvalue weighted by atomic mass is 10.1. The highest BCUT2D eigenvalue weighted by molar-refractivity contribution is 6.07. The molecule has 0 atom stereocenters. The van der Waals surface area contributed by atoms with E-state index < -0.39 is 5.97 Å². The second-order valence-electron chi connectivity index (χ2n) is 4.04. The molecule has 100 valence electrons. The van der Waals surface area contributed by atoms with E-state index in [9.17, 15) is 9.90 Å². The predicted molar refractivity (Wildman–Crippen MR) is 70.6 cm³/mol. The standard InChI is InChI=1S/C13H10N4O3/c1-20-9-4-7(2-3-14-9)11-10-8(13(18)19)5-15-12(10)17-6-16-11/h2-6H,1H3,(H,18,19)(H,15,16,17). The number of rotatable bonds is 3. The van der Waals surface area contributed by atoms with E-state index in [-0.39, 0.29) is 5.56 Å². The number of hydrogen-bond acceptors (Lipinski definition) is 5. The summed E-state index contributed by atoms with van der Waals surface area (Å²) in [5.41, 5.74) is 1.84. The van der Waals surface area contributed by atoms with Gasteiger partial charge in [-0.3, -0.25) is 0 Å². The molecule has 0 unspecified atom stereocenters. The van der Waals surface area contributed by atoms with Crippen LogP contribution in [0.5, 0.6) is 5.88 Å². The smallest absolute Gasteiger partial charge is 0.338 e. The Bertz CT molecular complexity index is 797. The van der Waals surface area contributed by atoms with Gasteiger partial charge in [-0.15, -0.1) is 0 Å². The van der Waals surface area contributed by atoms with Crippen LogP contribution >= 0.6 is 0 Å². The maximum atomic E-state index is 11.3. The first-order valence-corrected chi connectivity index (χ1v) is 5.76. The highest BCUT2D eigenvalue weighted by Gasteiger charge is 2.17. The summed E-state index contributed by atoms with van der Waals surface area (Å²) in [4.78, 5) is 26.3. The second kappa shape index (κ2) is 4.61. The van der Waals surface area contributed by atoms with Crippen LogP contribution < -0.4 is 4.74 Å². The van der Waals surface area contributed by atoms with E-state index >= 15 is 0 Å². The fraction of sp³-hybridized carbons (Fsp3) is 0.0769. The van der Waals surface area contributed by atoms with Crippen LogP contribution in [0.25, 0.3) is 22.3 Å². The normalized spacial score (nSPS) is 10.7. The third kappa shape index (κ3) is 1.85. The molecule has 3 rings (SSSR count). The monoisotopic (exact) mass is 270 g/mol. The maximum absolute atomic E-state index is 11.3. The van der Waals surface area contributed by atoms with E-state index in [0.717, 1.165) is 0 Å². The molecule has 0 saturated carbocycles. The molecule has 0 spiro atoms. The number of H-pyrrole nitrogens is 1. The zero-order valence-electron chi connectivity index (χ0n) is 10.5. The number of carboxylic acid groups (broad SMARTS) is 1. The number of hydrogen-bond donors (Lipinski definition) is 2.